The lowest BCUT2D eigenvalue weighted by atomic mass is 10.2. The second kappa shape index (κ2) is 6.37. The van der Waals surface area contributed by atoms with E-state index in [-0.39, 0.29) is 17.9 Å². The fraction of sp³-hybridized carbons (Fsp3) is 0.421. The number of rotatable bonds is 5. The van der Waals surface area contributed by atoms with Crippen molar-refractivity contribution in [3.8, 4) is 11.6 Å². The molecule has 1 saturated heterocycles. The number of aliphatic hydroxyl groups is 1. The molecule has 2 fully saturated rings. The average molecular weight is 428 g/mol. The summed E-state index contributed by atoms with van der Waals surface area (Å²) in [5, 5.41) is 17.0. The van der Waals surface area contributed by atoms with Gasteiger partial charge in [-0.2, -0.15) is 9.40 Å². The van der Waals surface area contributed by atoms with Crippen LogP contribution in [0.25, 0.3) is 33.7 Å². The molecule has 1 atom stereocenters. The summed E-state index contributed by atoms with van der Waals surface area (Å²) < 4.78 is 35.0. The fourth-order valence-electron chi connectivity index (χ4n) is 4.33. The van der Waals surface area contributed by atoms with Crippen LogP contribution in [0.1, 0.15) is 31.1 Å². The Hall–Kier alpha value is -2.76. The first kappa shape index (κ1) is 18.0. The predicted molar refractivity (Wildman–Crippen MR) is 108 cm³/mol. The summed E-state index contributed by atoms with van der Waals surface area (Å²) >= 11 is 0. The monoisotopic (exact) mass is 428 g/mol. The first-order chi connectivity index (χ1) is 14.6. The lowest BCUT2D eigenvalue weighted by Gasteiger charge is -2.18. The fourth-order valence-corrected chi connectivity index (χ4v) is 6.22. The van der Waals surface area contributed by atoms with Gasteiger partial charge in [0.1, 0.15) is 17.9 Å². The Labute approximate surface area is 171 Å². The molecule has 1 aliphatic carbocycles. The van der Waals surface area contributed by atoms with Gasteiger partial charge in [-0.3, -0.25) is 5.10 Å². The molecule has 2 aliphatic rings. The minimum absolute atomic E-state index is 0.0956. The number of imidazole rings is 1. The molecule has 10 nitrogen and oxygen atoms in total. The predicted octanol–water partition coefficient (Wildman–Crippen LogP) is 1.80. The summed E-state index contributed by atoms with van der Waals surface area (Å²) in [4.78, 5) is 9.14. The number of aliphatic hydroxyl groups excluding tert-OH is 1. The molecule has 5 heterocycles. The highest BCUT2D eigenvalue weighted by Gasteiger charge is 2.43. The van der Waals surface area contributed by atoms with Gasteiger partial charge in [0, 0.05) is 13.1 Å². The number of furan rings is 1. The Bertz CT molecular complexity index is 1370. The zero-order valence-corrected chi connectivity index (χ0v) is 16.8. The molecule has 0 radical (unpaired) electrons. The SMILES string of the molecule is O=S(=O)(C1CC1)N1CCC(n2c(-c3ccc(CO)o3)nc3cnc4[nH]ncc4c32)C1. The Morgan fingerprint density at radius 1 is 1.23 bits per heavy atom. The number of fused-ring (bicyclic) bond motifs is 3. The van der Waals surface area contributed by atoms with E-state index in [0.717, 1.165) is 23.7 Å². The summed E-state index contributed by atoms with van der Waals surface area (Å²) in [5.74, 6) is 1.56. The van der Waals surface area contributed by atoms with Gasteiger partial charge in [-0.15, -0.1) is 0 Å². The zero-order valence-electron chi connectivity index (χ0n) is 16.0. The number of H-pyrrole nitrogens is 1. The minimum Gasteiger partial charge on any atom is -0.455 e. The van der Waals surface area contributed by atoms with Gasteiger partial charge in [0.2, 0.25) is 10.0 Å². The Morgan fingerprint density at radius 2 is 2.10 bits per heavy atom. The largest absolute Gasteiger partial charge is 0.455 e. The van der Waals surface area contributed by atoms with E-state index in [4.69, 9.17) is 9.40 Å². The minimum atomic E-state index is -3.24. The number of hydrogen-bond acceptors (Lipinski definition) is 7. The maximum absolute atomic E-state index is 12.8. The number of sulfonamides is 1. The number of aromatic amines is 1. The number of aromatic nitrogens is 5. The van der Waals surface area contributed by atoms with E-state index in [1.807, 2.05) is 0 Å². The molecule has 0 amide bonds. The summed E-state index contributed by atoms with van der Waals surface area (Å²) in [6.07, 6.45) is 5.57. The maximum atomic E-state index is 12.8. The van der Waals surface area contributed by atoms with Gasteiger partial charge in [-0.1, -0.05) is 0 Å². The average Bonchev–Trinajstić information content (AvgIpc) is 3.15. The highest BCUT2D eigenvalue weighted by Crippen LogP contribution is 2.39. The van der Waals surface area contributed by atoms with Crippen molar-refractivity contribution in [2.45, 2.75) is 37.2 Å². The summed E-state index contributed by atoms with van der Waals surface area (Å²) in [5.41, 5.74) is 2.18. The van der Waals surface area contributed by atoms with E-state index in [1.54, 1.807) is 28.8 Å². The molecule has 0 spiro atoms. The van der Waals surface area contributed by atoms with Gasteiger partial charge in [-0.25, -0.2) is 18.4 Å². The number of pyridine rings is 1. The van der Waals surface area contributed by atoms with Crippen LogP contribution in [0.15, 0.2) is 28.9 Å². The second-order valence-electron chi connectivity index (χ2n) is 7.90. The van der Waals surface area contributed by atoms with E-state index >= 15 is 0 Å². The van der Waals surface area contributed by atoms with Crippen LogP contribution in [-0.4, -0.2) is 60.9 Å². The van der Waals surface area contributed by atoms with Crippen LogP contribution < -0.4 is 0 Å². The van der Waals surface area contributed by atoms with Crippen molar-refractivity contribution in [1.29, 1.82) is 0 Å². The van der Waals surface area contributed by atoms with Crippen LogP contribution in [0.3, 0.4) is 0 Å². The Kier molecular flexibility index (Phi) is 3.83. The van der Waals surface area contributed by atoms with E-state index < -0.39 is 10.0 Å². The van der Waals surface area contributed by atoms with Crippen molar-refractivity contribution < 1.29 is 17.9 Å². The lowest BCUT2D eigenvalue weighted by Crippen LogP contribution is -2.32. The van der Waals surface area contributed by atoms with Crippen LogP contribution in [0.4, 0.5) is 0 Å². The van der Waals surface area contributed by atoms with Crippen LogP contribution in [0.2, 0.25) is 0 Å². The smallest absolute Gasteiger partial charge is 0.217 e. The summed E-state index contributed by atoms with van der Waals surface area (Å²) in [6, 6.07) is 3.39. The van der Waals surface area contributed by atoms with Crippen LogP contribution >= 0.6 is 0 Å². The highest BCUT2D eigenvalue weighted by atomic mass is 32.2. The van der Waals surface area contributed by atoms with Crippen LogP contribution in [0.5, 0.6) is 0 Å². The molecular formula is C19H20N6O4S. The van der Waals surface area contributed by atoms with E-state index in [0.29, 0.717) is 48.0 Å². The third-order valence-electron chi connectivity index (χ3n) is 5.96. The van der Waals surface area contributed by atoms with Gasteiger partial charge in [-0.05, 0) is 31.4 Å². The molecular weight excluding hydrogens is 408 g/mol. The number of nitrogens with zero attached hydrogens (tertiary/aromatic N) is 5. The van der Waals surface area contributed by atoms with Crippen molar-refractivity contribution in [2.24, 2.45) is 0 Å². The number of nitrogens with one attached hydrogen (secondary N) is 1. The Morgan fingerprint density at radius 3 is 2.87 bits per heavy atom. The molecule has 156 valence electrons. The van der Waals surface area contributed by atoms with Crippen LogP contribution in [0, 0.1) is 0 Å². The molecule has 1 unspecified atom stereocenters. The van der Waals surface area contributed by atoms with Crippen molar-refractivity contribution >= 4 is 32.1 Å². The van der Waals surface area contributed by atoms with Gasteiger partial charge in [0.05, 0.1) is 34.6 Å². The Balaban J connectivity index is 1.52. The molecule has 4 aromatic rings. The van der Waals surface area contributed by atoms with Gasteiger partial charge < -0.3 is 14.1 Å². The number of hydrogen-bond donors (Lipinski definition) is 2. The van der Waals surface area contributed by atoms with Crippen molar-refractivity contribution in [3.05, 3.63) is 30.3 Å². The van der Waals surface area contributed by atoms with Crippen molar-refractivity contribution in [2.75, 3.05) is 13.1 Å². The molecule has 0 bridgehead atoms. The third-order valence-corrected chi connectivity index (χ3v) is 8.33. The molecule has 0 aromatic carbocycles. The summed E-state index contributed by atoms with van der Waals surface area (Å²) in [7, 11) is -3.24. The van der Waals surface area contributed by atoms with E-state index in [9.17, 15) is 13.5 Å². The zero-order chi connectivity index (χ0) is 20.5. The molecule has 6 rings (SSSR count). The lowest BCUT2D eigenvalue weighted by molar-refractivity contribution is 0.248. The normalized spacial score (nSPS) is 20.6. The van der Waals surface area contributed by atoms with Crippen molar-refractivity contribution in [3.63, 3.8) is 0 Å². The molecule has 1 saturated carbocycles. The topological polar surface area (TPSA) is 130 Å². The highest BCUT2D eigenvalue weighted by molar-refractivity contribution is 7.90. The van der Waals surface area contributed by atoms with Gasteiger partial charge in [0.15, 0.2) is 17.2 Å². The van der Waals surface area contributed by atoms with Crippen LogP contribution in [-0.2, 0) is 16.6 Å². The first-order valence-electron chi connectivity index (χ1n) is 9.95. The molecule has 4 aromatic heterocycles. The molecule has 1 aliphatic heterocycles. The third kappa shape index (κ3) is 2.62. The van der Waals surface area contributed by atoms with Gasteiger partial charge in [0.25, 0.3) is 0 Å². The quantitative estimate of drug-likeness (QED) is 0.496. The van der Waals surface area contributed by atoms with Crippen molar-refractivity contribution in [1.82, 2.24) is 29.0 Å². The maximum Gasteiger partial charge on any atom is 0.217 e. The molecule has 30 heavy (non-hydrogen) atoms. The molecule has 2 N–H and O–H groups in total. The standard InChI is InChI=1S/C19H20N6O4S/c26-10-12-1-4-16(29-12)19-22-15-8-20-18-14(7-21-23-18)17(15)25(19)11-5-6-24(9-11)30(27,28)13-2-3-13/h1,4,7-8,11,13,26H,2-3,5-6,9-10H2,(H,20,21,23). The van der Waals surface area contributed by atoms with E-state index in [2.05, 4.69) is 19.7 Å². The second-order valence-corrected chi connectivity index (χ2v) is 10.1. The summed E-state index contributed by atoms with van der Waals surface area (Å²) in [6.45, 7) is 0.680. The van der Waals surface area contributed by atoms with Gasteiger partial charge >= 0.3 is 0 Å². The first-order valence-corrected chi connectivity index (χ1v) is 11.5. The van der Waals surface area contributed by atoms with E-state index in [1.165, 1.54) is 0 Å². The molecule has 11 heteroatoms.